The van der Waals surface area contributed by atoms with Crippen molar-refractivity contribution in [2.75, 3.05) is 25.6 Å². The Morgan fingerprint density at radius 3 is 2.33 bits per heavy atom. The minimum atomic E-state index is -0.945. The number of nitrogen functional groups attached to an aromatic ring is 1. The van der Waals surface area contributed by atoms with Crippen molar-refractivity contribution in [2.45, 2.75) is 26.7 Å². The largest absolute Gasteiger partial charge is 0.465 e. The number of hydrogen-bond donors (Lipinski definition) is 1. The molecule has 0 radical (unpaired) electrons. The van der Waals surface area contributed by atoms with Gasteiger partial charge in [-0.05, 0) is 31.5 Å². The Balaban J connectivity index is 2.41. The molecule has 0 aliphatic carbocycles. The highest BCUT2D eigenvalue weighted by molar-refractivity contribution is 5.94. The summed E-state index contributed by atoms with van der Waals surface area (Å²) in [5.74, 6) is -2.77. The van der Waals surface area contributed by atoms with Crippen molar-refractivity contribution in [1.29, 1.82) is 0 Å². The van der Waals surface area contributed by atoms with Gasteiger partial charge in [0.25, 0.3) is 0 Å². The van der Waals surface area contributed by atoms with Crippen LogP contribution in [-0.2, 0) is 23.8 Å². The first-order valence-corrected chi connectivity index (χ1v) is 7.85. The monoisotopic (exact) mass is 337 g/mol. The molecule has 0 saturated carbocycles. The third-order valence-corrected chi connectivity index (χ3v) is 3.12. The van der Waals surface area contributed by atoms with Gasteiger partial charge in [0.15, 0.2) is 5.92 Å². The van der Waals surface area contributed by atoms with E-state index in [1.54, 1.807) is 25.1 Å². The fourth-order valence-electron chi connectivity index (χ4n) is 1.99. The third kappa shape index (κ3) is 6.28. The molecule has 24 heavy (non-hydrogen) atoms. The zero-order chi connectivity index (χ0) is 17.9. The number of ether oxygens (including phenoxy) is 3. The predicted molar refractivity (Wildman–Crippen MR) is 87.1 cm³/mol. The van der Waals surface area contributed by atoms with Gasteiger partial charge < -0.3 is 19.9 Å². The van der Waals surface area contributed by atoms with Crippen LogP contribution in [0.15, 0.2) is 24.3 Å². The topological polar surface area (TPSA) is 105 Å². The fraction of sp³-hybridized carbons (Fsp3) is 0.471. The summed E-state index contributed by atoms with van der Waals surface area (Å²) in [4.78, 5) is 35.4. The zero-order valence-electron chi connectivity index (χ0n) is 13.9. The maximum Gasteiger partial charge on any atom is 0.338 e. The van der Waals surface area contributed by atoms with Gasteiger partial charge in [0.05, 0.1) is 12.2 Å². The first-order chi connectivity index (χ1) is 11.5. The molecule has 1 aromatic carbocycles. The van der Waals surface area contributed by atoms with Gasteiger partial charge in [-0.25, -0.2) is 4.79 Å². The summed E-state index contributed by atoms with van der Waals surface area (Å²) in [5.41, 5.74) is 6.35. The molecule has 132 valence electrons. The zero-order valence-corrected chi connectivity index (χ0v) is 13.9. The second-order valence-corrected chi connectivity index (χ2v) is 5.02. The Morgan fingerprint density at radius 2 is 1.71 bits per heavy atom. The summed E-state index contributed by atoms with van der Waals surface area (Å²) < 4.78 is 14.8. The highest BCUT2D eigenvalue weighted by Gasteiger charge is 2.28. The van der Waals surface area contributed by atoms with E-state index in [1.807, 2.05) is 6.92 Å². The van der Waals surface area contributed by atoms with E-state index in [9.17, 15) is 14.4 Å². The first kappa shape index (κ1) is 19.5. The van der Waals surface area contributed by atoms with E-state index in [0.29, 0.717) is 24.1 Å². The van der Waals surface area contributed by atoms with Crippen molar-refractivity contribution < 1.29 is 28.6 Å². The maximum atomic E-state index is 11.9. The van der Waals surface area contributed by atoms with Crippen molar-refractivity contribution in [3.63, 3.8) is 0 Å². The molecule has 0 spiro atoms. The van der Waals surface area contributed by atoms with Gasteiger partial charge in [0.2, 0.25) is 0 Å². The molecule has 1 aromatic rings. The van der Waals surface area contributed by atoms with Crippen molar-refractivity contribution in [3.05, 3.63) is 29.8 Å². The summed E-state index contributed by atoms with van der Waals surface area (Å²) >= 11 is 0. The van der Waals surface area contributed by atoms with E-state index in [-0.39, 0.29) is 19.8 Å². The number of carbonyl (C=O) groups excluding carboxylic acids is 3. The Hall–Kier alpha value is -2.57. The van der Waals surface area contributed by atoms with E-state index in [1.165, 1.54) is 6.07 Å². The molecule has 0 amide bonds. The van der Waals surface area contributed by atoms with Crippen LogP contribution in [0.2, 0.25) is 0 Å². The van der Waals surface area contributed by atoms with Crippen LogP contribution in [0.1, 0.15) is 37.0 Å². The summed E-state index contributed by atoms with van der Waals surface area (Å²) in [6, 6.07) is 6.36. The second-order valence-electron chi connectivity index (χ2n) is 5.02. The Kier molecular flexibility index (Phi) is 8.32. The molecule has 7 heteroatoms. The molecule has 1 unspecified atom stereocenters. The SMILES string of the molecule is CCCC(C(=O)OCC)C(=O)OCCOC(=O)c1cccc(N)c1. The van der Waals surface area contributed by atoms with Gasteiger partial charge in [-0.3, -0.25) is 9.59 Å². The minimum absolute atomic E-state index is 0.110. The molecule has 0 bridgehead atoms. The van der Waals surface area contributed by atoms with Gasteiger partial charge in [-0.2, -0.15) is 0 Å². The number of hydrogen-bond acceptors (Lipinski definition) is 7. The molecule has 0 saturated heterocycles. The molecule has 7 nitrogen and oxygen atoms in total. The van der Waals surface area contributed by atoms with Crippen molar-refractivity contribution in [2.24, 2.45) is 5.92 Å². The first-order valence-electron chi connectivity index (χ1n) is 7.85. The van der Waals surface area contributed by atoms with E-state index in [4.69, 9.17) is 19.9 Å². The van der Waals surface area contributed by atoms with Gasteiger partial charge >= 0.3 is 17.9 Å². The van der Waals surface area contributed by atoms with Crippen LogP contribution >= 0.6 is 0 Å². The summed E-state index contributed by atoms with van der Waals surface area (Å²) in [6.07, 6.45) is 0.990. The fourth-order valence-corrected chi connectivity index (χ4v) is 1.99. The molecule has 0 heterocycles. The number of anilines is 1. The third-order valence-electron chi connectivity index (χ3n) is 3.12. The van der Waals surface area contributed by atoms with Crippen molar-refractivity contribution in [1.82, 2.24) is 0 Å². The maximum absolute atomic E-state index is 11.9. The number of carbonyl (C=O) groups is 3. The standard InChI is InChI=1S/C17H23NO6/c1-3-6-14(16(20)22-4-2)17(21)24-10-9-23-15(19)12-7-5-8-13(18)11-12/h5,7-8,11,14H,3-4,6,9-10,18H2,1-2H3. The van der Waals surface area contributed by atoms with Crippen LogP contribution in [0, 0.1) is 5.92 Å². The highest BCUT2D eigenvalue weighted by Crippen LogP contribution is 2.12. The lowest BCUT2D eigenvalue weighted by Crippen LogP contribution is -2.29. The minimum Gasteiger partial charge on any atom is -0.465 e. The summed E-state index contributed by atoms with van der Waals surface area (Å²) in [7, 11) is 0. The Morgan fingerprint density at radius 1 is 1.04 bits per heavy atom. The Bertz CT molecular complexity index is 572. The molecule has 0 aromatic heterocycles. The van der Waals surface area contributed by atoms with E-state index in [2.05, 4.69) is 0 Å². The second kappa shape index (κ2) is 10.3. The van der Waals surface area contributed by atoms with Gasteiger partial charge in [0.1, 0.15) is 13.2 Å². The molecule has 1 rings (SSSR count). The number of esters is 3. The average Bonchev–Trinajstić information content (AvgIpc) is 2.56. The molecular formula is C17H23NO6. The lowest BCUT2D eigenvalue weighted by atomic mass is 10.0. The summed E-state index contributed by atoms with van der Waals surface area (Å²) in [5, 5.41) is 0. The van der Waals surface area contributed by atoms with Crippen molar-refractivity contribution in [3.8, 4) is 0 Å². The smallest absolute Gasteiger partial charge is 0.338 e. The average molecular weight is 337 g/mol. The summed E-state index contributed by atoms with van der Waals surface area (Å²) in [6.45, 7) is 3.48. The number of benzene rings is 1. The van der Waals surface area contributed by atoms with Crippen LogP contribution in [0.4, 0.5) is 5.69 Å². The van der Waals surface area contributed by atoms with Crippen LogP contribution in [0.25, 0.3) is 0 Å². The highest BCUT2D eigenvalue weighted by atomic mass is 16.6. The molecule has 0 fully saturated rings. The lowest BCUT2D eigenvalue weighted by Gasteiger charge is -2.14. The van der Waals surface area contributed by atoms with E-state index >= 15 is 0 Å². The molecule has 1 atom stereocenters. The lowest BCUT2D eigenvalue weighted by molar-refractivity contribution is -0.162. The van der Waals surface area contributed by atoms with Gasteiger partial charge in [-0.15, -0.1) is 0 Å². The van der Waals surface area contributed by atoms with Gasteiger partial charge in [0, 0.05) is 5.69 Å². The van der Waals surface area contributed by atoms with E-state index in [0.717, 1.165) is 0 Å². The van der Waals surface area contributed by atoms with Crippen LogP contribution in [-0.4, -0.2) is 37.7 Å². The molecule has 0 aliphatic heterocycles. The van der Waals surface area contributed by atoms with Crippen LogP contribution < -0.4 is 5.73 Å². The Labute approximate surface area is 141 Å². The predicted octanol–water partition coefficient (Wildman–Crippen LogP) is 1.95. The quantitative estimate of drug-likeness (QED) is 0.241. The van der Waals surface area contributed by atoms with Crippen LogP contribution in [0.5, 0.6) is 0 Å². The number of nitrogens with two attached hydrogens (primary N) is 1. The normalized spacial score (nSPS) is 11.4. The van der Waals surface area contributed by atoms with Crippen LogP contribution in [0.3, 0.4) is 0 Å². The van der Waals surface area contributed by atoms with E-state index < -0.39 is 23.8 Å². The number of rotatable bonds is 9. The molecule has 0 aliphatic rings. The molecule has 2 N–H and O–H groups in total. The van der Waals surface area contributed by atoms with Gasteiger partial charge in [-0.1, -0.05) is 19.4 Å². The van der Waals surface area contributed by atoms with Crippen molar-refractivity contribution >= 4 is 23.6 Å². The molecular weight excluding hydrogens is 314 g/mol.